The van der Waals surface area contributed by atoms with Crippen LogP contribution in [0.3, 0.4) is 0 Å². The summed E-state index contributed by atoms with van der Waals surface area (Å²) in [7, 11) is 11.0. The summed E-state index contributed by atoms with van der Waals surface area (Å²) in [5.74, 6) is 0. The van der Waals surface area contributed by atoms with Gasteiger partial charge in [-0.2, -0.15) is 12.1 Å². The molecule has 6 aromatic carbocycles. The van der Waals surface area contributed by atoms with Crippen LogP contribution in [0.25, 0.3) is 43.8 Å². The van der Waals surface area contributed by atoms with Gasteiger partial charge in [-0.05, 0) is 58.8 Å². The summed E-state index contributed by atoms with van der Waals surface area (Å²) < 4.78 is 0. The van der Waals surface area contributed by atoms with Crippen LogP contribution < -0.4 is 0 Å². The molecule has 0 aliphatic carbocycles. The Morgan fingerprint density at radius 2 is 0.885 bits per heavy atom. The molecule has 0 saturated carbocycles. The molecule has 52 heavy (non-hydrogen) atoms. The van der Waals surface area contributed by atoms with Crippen LogP contribution in [0.5, 0.6) is 0 Å². The van der Waals surface area contributed by atoms with E-state index in [1.807, 2.05) is 0 Å². The minimum absolute atomic E-state index is 0.326. The fourth-order valence-corrected chi connectivity index (χ4v) is 6.81. The van der Waals surface area contributed by atoms with Gasteiger partial charge in [-0.3, -0.25) is 0 Å². The van der Waals surface area contributed by atoms with Crippen LogP contribution in [0, 0.1) is 10.8 Å². The predicted octanol–water partition coefficient (Wildman–Crippen LogP) is 15.7. The molecule has 6 aromatic rings. The normalized spacial score (nSPS) is 11.2. The molecular weight excluding hydrogens is 767 g/mol. The van der Waals surface area contributed by atoms with Crippen molar-refractivity contribution < 1.29 is 20.8 Å². The van der Waals surface area contributed by atoms with Gasteiger partial charge in [0.25, 0.3) is 0 Å². The molecule has 0 atom stereocenters. The van der Waals surface area contributed by atoms with E-state index in [0.717, 1.165) is 35.2 Å². The molecule has 0 aromatic heterocycles. The first-order valence-electron chi connectivity index (χ1n) is 18.9. The number of halogens is 2. The van der Waals surface area contributed by atoms with Crippen molar-refractivity contribution in [1.29, 1.82) is 0 Å². The van der Waals surface area contributed by atoms with E-state index >= 15 is 0 Å². The molecule has 0 heterocycles. The van der Waals surface area contributed by atoms with Crippen LogP contribution in [-0.2, 0) is 46.5 Å². The summed E-state index contributed by atoms with van der Waals surface area (Å²) in [6, 6.07) is 41.0. The summed E-state index contributed by atoms with van der Waals surface area (Å²) in [5, 5.41) is 5.49. The molecule has 0 aliphatic heterocycles. The summed E-state index contributed by atoms with van der Waals surface area (Å²) >= 11 is -0.826. The van der Waals surface area contributed by atoms with E-state index in [9.17, 15) is 0 Å². The third kappa shape index (κ3) is 14.2. The maximum atomic E-state index is 4.93. The molecule has 6 rings (SSSR count). The molecule has 0 N–H and O–H groups in total. The number of fused-ring (bicyclic) bond motifs is 2. The quantitative estimate of drug-likeness (QED) is 0.106. The SMILES string of the molecule is CCCc1ccc(-c2cccc3[cH-]c(CC(C)(C)C)cc23)cc1.CCCc1ccc(-c2cccc3[cH-]c(CC(C)(C)C)cc23)cc1.C[Si]C.[Cl][Zr+2][Cl]. The van der Waals surface area contributed by atoms with Gasteiger partial charge < -0.3 is 0 Å². The monoisotopic (exact) mass is 824 g/mol. The third-order valence-electron chi connectivity index (χ3n) is 8.70. The molecule has 0 saturated heterocycles. The third-order valence-corrected chi connectivity index (χ3v) is 8.70. The van der Waals surface area contributed by atoms with Crippen LogP contribution in [0.1, 0.15) is 90.5 Å². The van der Waals surface area contributed by atoms with Crippen LogP contribution >= 0.6 is 17.0 Å². The number of hydrogen-bond acceptors (Lipinski definition) is 0. The van der Waals surface area contributed by atoms with Crippen molar-refractivity contribution in [1.82, 2.24) is 0 Å². The first kappa shape index (κ1) is 44.2. The second-order valence-corrected chi connectivity index (χ2v) is 21.0. The molecule has 274 valence electrons. The number of hydrogen-bond donors (Lipinski definition) is 0. The van der Waals surface area contributed by atoms with Crippen molar-refractivity contribution >= 4 is 48.1 Å². The average Bonchev–Trinajstić information content (AvgIpc) is 3.68. The standard InChI is InChI=1S/2C23H27.C2H6Si.2ClH.Zr/c2*1-5-7-17-10-12-19(13-11-17)21-9-6-8-20-14-18(15-22(20)21)16-23(2,3)4;1-3-2;;;/h2*6,8-15H,5,7,16H2,1-4H3;1-2H3;2*1H;/q2*-1;;;;+4/p-2. The molecule has 0 amide bonds. The molecule has 0 nitrogen and oxygen atoms in total. The Bertz CT molecular complexity index is 1760. The van der Waals surface area contributed by atoms with Crippen molar-refractivity contribution in [3.8, 4) is 22.3 Å². The Kier molecular flexibility index (Phi) is 18.4. The summed E-state index contributed by atoms with van der Waals surface area (Å²) in [6.45, 7) is 22.6. The minimum atomic E-state index is -0.826. The molecular formula is C48H60Cl2SiZr. The number of benzene rings is 4. The Hall–Kier alpha value is -2.22. The Labute approximate surface area is 338 Å². The first-order chi connectivity index (χ1) is 24.7. The van der Waals surface area contributed by atoms with Gasteiger partial charge in [-0.15, -0.1) is 69.1 Å². The van der Waals surface area contributed by atoms with Crippen molar-refractivity contribution in [2.45, 2.75) is 107 Å². The Morgan fingerprint density at radius 3 is 1.17 bits per heavy atom. The zero-order valence-electron chi connectivity index (χ0n) is 33.4. The Balaban J connectivity index is 0.000000244. The van der Waals surface area contributed by atoms with E-state index in [0.29, 0.717) is 10.8 Å². The molecule has 0 bridgehead atoms. The van der Waals surface area contributed by atoms with Crippen molar-refractivity contribution in [3.63, 3.8) is 0 Å². The van der Waals surface area contributed by atoms with Crippen LogP contribution in [-0.4, -0.2) is 9.52 Å². The van der Waals surface area contributed by atoms with Crippen LogP contribution in [0.4, 0.5) is 0 Å². The van der Waals surface area contributed by atoms with Gasteiger partial charge in [0.2, 0.25) is 0 Å². The van der Waals surface area contributed by atoms with Gasteiger partial charge in [0.1, 0.15) is 0 Å². The van der Waals surface area contributed by atoms with Gasteiger partial charge in [-0.1, -0.05) is 153 Å². The van der Waals surface area contributed by atoms with E-state index in [1.165, 1.54) is 78.9 Å². The van der Waals surface area contributed by atoms with E-state index < -0.39 is 20.8 Å². The number of aryl methyl sites for hydroxylation is 2. The molecule has 4 heteroatoms. The average molecular weight is 827 g/mol. The zero-order valence-corrected chi connectivity index (χ0v) is 38.4. The second-order valence-electron chi connectivity index (χ2n) is 16.3. The first-order valence-corrected chi connectivity index (χ1v) is 27.2. The second kappa shape index (κ2) is 21.6. The van der Waals surface area contributed by atoms with Crippen molar-refractivity contribution in [2.24, 2.45) is 10.8 Å². The fourth-order valence-electron chi connectivity index (χ4n) is 6.81. The van der Waals surface area contributed by atoms with Crippen molar-refractivity contribution in [2.75, 3.05) is 0 Å². The molecule has 0 fully saturated rings. The Morgan fingerprint density at radius 1 is 0.558 bits per heavy atom. The van der Waals surface area contributed by atoms with E-state index in [2.05, 4.69) is 178 Å². The zero-order chi connectivity index (χ0) is 38.3. The summed E-state index contributed by atoms with van der Waals surface area (Å²) in [5.41, 5.74) is 11.8. The van der Waals surface area contributed by atoms with Gasteiger partial charge >= 0.3 is 37.9 Å². The molecule has 0 spiro atoms. The number of rotatable bonds is 8. The van der Waals surface area contributed by atoms with Crippen LogP contribution in [0.2, 0.25) is 13.1 Å². The summed E-state index contributed by atoms with van der Waals surface area (Å²) in [6.07, 6.45) is 6.97. The predicted molar refractivity (Wildman–Crippen MR) is 233 cm³/mol. The topological polar surface area (TPSA) is 0 Å². The van der Waals surface area contributed by atoms with E-state index in [4.69, 9.17) is 17.0 Å². The van der Waals surface area contributed by atoms with Gasteiger partial charge in [0, 0.05) is 9.52 Å². The fraction of sp³-hybridized carbons (Fsp3) is 0.375. The molecule has 2 radical (unpaired) electrons. The van der Waals surface area contributed by atoms with E-state index in [-0.39, 0.29) is 0 Å². The van der Waals surface area contributed by atoms with Crippen molar-refractivity contribution in [3.05, 3.63) is 131 Å². The molecule has 0 aliphatic rings. The van der Waals surface area contributed by atoms with Gasteiger partial charge in [0.15, 0.2) is 0 Å². The summed E-state index contributed by atoms with van der Waals surface area (Å²) in [4.78, 5) is 0. The van der Waals surface area contributed by atoms with Gasteiger partial charge in [0.05, 0.1) is 0 Å². The molecule has 0 unspecified atom stereocenters. The van der Waals surface area contributed by atoms with E-state index in [1.54, 1.807) is 0 Å². The van der Waals surface area contributed by atoms with Gasteiger partial charge in [-0.25, -0.2) is 0 Å². The maximum absolute atomic E-state index is 4.93. The van der Waals surface area contributed by atoms with Crippen LogP contribution in [0.15, 0.2) is 109 Å².